The highest BCUT2D eigenvalue weighted by Gasteiger charge is 2.31. The van der Waals surface area contributed by atoms with Crippen LogP contribution in [0, 0.1) is 5.41 Å². The van der Waals surface area contributed by atoms with Crippen LogP contribution in [0.15, 0.2) is 0 Å². The predicted octanol–water partition coefficient (Wildman–Crippen LogP) is 10.3. The Morgan fingerprint density at radius 1 is 0.533 bits per heavy atom. The summed E-state index contributed by atoms with van der Waals surface area (Å²) in [6, 6.07) is 0. The van der Waals surface area contributed by atoms with Crippen LogP contribution in [0.3, 0.4) is 0 Å². The molecule has 0 saturated heterocycles. The Labute approximate surface area is 190 Å². The predicted molar refractivity (Wildman–Crippen MR) is 134 cm³/mol. The first-order valence-electron chi connectivity index (χ1n) is 14.2. The molecule has 1 heteroatoms. The van der Waals surface area contributed by atoms with Crippen LogP contribution in [0.5, 0.6) is 0 Å². The van der Waals surface area contributed by atoms with Crippen molar-refractivity contribution < 1.29 is 4.79 Å². The van der Waals surface area contributed by atoms with Gasteiger partial charge in [0.2, 0.25) is 0 Å². The first-order chi connectivity index (χ1) is 14.7. The van der Waals surface area contributed by atoms with Gasteiger partial charge in [0, 0.05) is 11.8 Å². The van der Waals surface area contributed by atoms with Crippen molar-refractivity contribution in [3.8, 4) is 0 Å². The molecule has 0 spiro atoms. The van der Waals surface area contributed by atoms with Crippen molar-refractivity contribution in [2.45, 2.75) is 174 Å². The minimum absolute atomic E-state index is 0.0252. The molecular weight excluding hydrogens is 364 g/mol. The molecule has 0 unspecified atom stereocenters. The van der Waals surface area contributed by atoms with Gasteiger partial charge in [0.1, 0.15) is 5.78 Å². The molecule has 0 heterocycles. The van der Waals surface area contributed by atoms with Crippen molar-refractivity contribution in [3.05, 3.63) is 0 Å². The molecular formula is C29H56O. The maximum atomic E-state index is 13.1. The molecule has 0 N–H and O–H groups in total. The van der Waals surface area contributed by atoms with Crippen LogP contribution in [0.1, 0.15) is 174 Å². The van der Waals surface area contributed by atoms with Crippen molar-refractivity contribution in [2.24, 2.45) is 5.41 Å². The molecule has 1 saturated carbocycles. The standard InChI is InChI=1S/C29H56O/c1-3-4-5-6-7-8-10-13-16-19-22-25-28(30)29(2)26-23-20-17-14-11-9-12-15-18-21-24-27-29/h3-27H2,1-2H3. The third-order valence-electron chi connectivity index (χ3n) is 7.64. The molecule has 0 bridgehead atoms. The number of carbonyl (C=O) groups is 1. The number of hydrogen-bond acceptors (Lipinski definition) is 1. The van der Waals surface area contributed by atoms with Gasteiger partial charge < -0.3 is 0 Å². The van der Waals surface area contributed by atoms with E-state index >= 15 is 0 Å². The summed E-state index contributed by atoms with van der Waals surface area (Å²) in [5.41, 5.74) is -0.0252. The van der Waals surface area contributed by atoms with E-state index in [0.29, 0.717) is 5.78 Å². The van der Waals surface area contributed by atoms with Crippen molar-refractivity contribution in [1.82, 2.24) is 0 Å². The summed E-state index contributed by atoms with van der Waals surface area (Å²) in [6.07, 6.45) is 33.1. The van der Waals surface area contributed by atoms with Crippen LogP contribution in [-0.2, 0) is 4.79 Å². The number of carbonyl (C=O) groups excluding carboxylic acids is 1. The molecule has 1 aliphatic rings. The van der Waals surface area contributed by atoms with Crippen molar-refractivity contribution >= 4 is 5.78 Å². The van der Waals surface area contributed by atoms with Gasteiger partial charge in [-0.25, -0.2) is 0 Å². The second-order valence-corrected chi connectivity index (χ2v) is 10.7. The van der Waals surface area contributed by atoms with E-state index in [1.807, 2.05) is 0 Å². The van der Waals surface area contributed by atoms with Gasteiger partial charge in [-0.2, -0.15) is 0 Å². The summed E-state index contributed by atoms with van der Waals surface area (Å²) in [5, 5.41) is 0. The van der Waals surface area contributed by atoms with Gasteiger partial charge in [-0.15, -0.1) is 0 Å². The second-order valence-electron chi connectivity index (χ2n) is 10.7. The smallest absolute Gasteiger partial charge is 0.138 e. The maximum absolute atomic E-state index is 13.1. The Kier molecular flexibility index (Phi) is 17.9. The van der Waals surface area contributed by atoms with Gasteiger partial charge >= 0.3 is 0 Å². The Bertz CT molecular complexity index is 372. The average Bonchev–Trinajstić information content (AvgIpc) is 2.74. The highest BCUT2D eigenvalue weighted by molar-refractivity contribution is 5.84. The molecule has 1 fully saturated rings. The van der Waals surface area contributed by atoms with E-state index in [4.69, 9.17) is 0 Å². The fourth-order valence-electron chi connectivity index (χ4n) is 5.28. The SMILES string of the molecule is CCCCCCCCCCCCCC(=O)C1(C)CCCCCCCCCCCCC1. The topological polar surface area (TPSA) is 17.1 Å². The minimum atomic E-state index is -0.0252. The average molecular weight is 421 g/mol. The molecule has 0 amide bonds. The summed E-state index contributed by atoms with van der Waals surface area (Å²) in [7, 11) is 0. The van der Waals surface area contributed by atoms with Crippen LogP contribution >= 0.6 is 0 Å². The van der Waals surface area contributed by atoms with E-state index < -0.39 is 0 Å². The van der Waals surface area contributed by atoms with Gasteiger partial charge in [-0.05, 0) is 19.3 Å². The van der Waals surface area contributed by atoms with Gasteiger partial charge in [0.05, 0.1) is 0 Å². The summed E-state index contributed by atoms with van der Waals surface area (Å²) in [6.45, 7) is 4.59. The van der Waals surface area contributed by atoms with Gasteiger partial charge in [-0.1, -0.05) is 149 Å². The molecule has 0 atom stereocenters. The van der Waals surface area contributed by atoms with Gasteiger partial charge in [0.15, 0.2) is 0 Å². The summed E-state index contributed by atoms with van der Waals surface area (Å²) in [4.78, 5) is 13.1. The Morgan fingerprint density at radius 2 is 0.867 bits per heavy atom. The van der Waals surface area contributed by atoms with Crippen molar-refractivity contribution in [2.75, 3.05) is 0 Å². The van der Waals surface area contributed by atoms with Crippen LogP contribution < -0.4 is 0 Å². The Balaban J connectivity index is 2.18. The first kappa shape index (κ1) is 27.7. The number of Topliss-reactive ketones (excluding diaryl/α,β-unsaturated/α-hetero) is 1. The van der Waals surface area contributed by atoms with Gasteiger partial charge in [0.25, 0.3) is 0 Å². The highest BCUT2D eigenvalue weighted by Crippen LogP contribution is 2.34. The minimum Gasteiger partial charge on any atom is -0.299 e. The lowest BCUT2D eigenvalue weighted by Crippen LogP contribution is -2.28. The molecule has 1 nitrogen and oxygen atoms in total. The molecule has 0 aromatic heterocycles. The molecule has 0 aromatic rings. The zero-order chi connectivity index (χ0) is 21.8. The quantitative estimate of drug-likeness (QED) is 0.271. The number of hydrogen-bond donors (Lipinski definition) is 0. The monoisotopic (exact) mass is 420 g/mol. The summed E-state index contributed by atoms with van der Waals surface area (Å²) < 4.78 is 0. The fraction of sp³-hybridized carbons (Fsp3) is 0.966. The number of unbranched alkanes of at least 4 members (excludes halogenated alkanes) is 10. The zero-order valence-electron chi connectivity index (χ0n) is 21.1. The van der Waals surface area contributed by atoms with Gasteiger partial charge in [-0.3, -0.25) is 4.79 Å². The molecule has 1 rings (SSSR count). The third-order valence-corrected chi connectivity index (χ3v) is 7.64. The lowest BCUT2D eigenvalue weighted by Gasteiger charge is -2.29. The van der Waals surface area contributed by atoms with Crippen LogP contribution in [-0.4, -0.2) is 5.78 Å². The third kappa shape index (κ3) is 14.6. The molecule has 1 aliphatic carbocycles. The normalized spacial score (nSPS) is 19.3. The Morgan fingerprint density at radius 3 is 1.27 bits per heavy atom. The first-order valence-corrected chi connectivity index (χ1v) is 14.2. The molecule has 0 aliphatic heterocycles. The van der Waals surface area contributed by atoms with E-state index in [1.165, 1.54) is 135 Å². The highest BCUT2D eigenvalue weighted by atomic mass is 16.1. The van der Waals surface area contributed by atoms with E-state index in [1.54, 1.807) is 0 Å². The molecule has 30 heavy (non-hydrogen) atoms. The maximum Gasteiger partial charge on any atom is 0.138 e. The van der Waals surface area contributed by atoms with Crippen molar-refractivity contribution in [1.29, 1.82) is 0 Å². The lowest BCUT2D eigenvalue weighted by molar-refractivity contribution is -0.129. The van der Waals surface area contributed by atoms with E-state index in [0.717, 1.165) is 25.7 Å². The van der Waals surface area contributed by atoms with Crippen LogP contribution in [0.25, 0.3) is 0 Å². The fourth-order valence-corrected chi connectivity index (χ4v) is 5.28. The molecule has 0 radical (unpaired) electrons. The van der Waals surface area contributed by atoms with E-state index in [-0.39, 0.29) is 5.41 Å². The lowest BCUT2D eigenvalue weighted by atomic mass is 9.74. The Hall–Kier alpha value is -0.330. The van der Waals surface area contributed by atoms with E-state index in [9.17, 15) is 4.79 Å². The summed E-state index contributed by atoms with van der Waals surface area (Å²) >= 11 is 0. The molecule has 178 valence electrons. The summed E-state index contributed by atoms with van der Waals surface area (Å²) in [5.74, 6) is 0.588. The second kappa shape index (κ2) is 19.4. The van der Waals surface area contributed by atoms with Crippen molar-refractivity contribution in [3.63, 3.8) is 0 Å². The number of ketones is 1. The zero-order valence-corrected chi connectivity index (χ0v) is 21.1. The van der Waals surface area contributed by atoms with Crippen LogP contribution in [0.2, 0.25) is 0 Å². The van der Waals surface area contributed by atoms with E-state index in [2.05, 4.69) is 13.8 Å². The van der Waals surface area contributed by atoms with Crippen LogP contribution in [0.4, 0.5) is 0 Å². The largest absolute Gasteiger partial charge is 0.299 e. The molecule has 0 aromatic carbocycles. The number of rotatable bonds is 13.